The summed E-state index contributed by atoms with van der Waals surface area (Å²) < 4.78 is 0. The Balaban J connectivity index is 2.70. The molecule has 3 heteroatoms. The summed E-state index contributed by atoms with van der Waals surface area (Å²) in [4.78, 5) is 10.8. The van der Waals surface area contributed by atoms with Crippen LogP contribution in [0.4, 0.5) is 0 Å². The maximum absolute atomic E-state index is 10.8. The van der Waals surface area contributed by atoms with E-state index in [-0.39, 0.29) is 0 Å². The van der Waals surface area contributed by atoms with E-state index in [4.69, 9.17) is 16.7 Å². The maximum Gasteiger partial charge on any atom is 0.331 e. The molecule has 0 saturated heterocycles. The lowest BCUT2D eigenvalue weighted by atomic mass is 10.1. The Bertz CT molecular complexity index is 394. The molecule has 16 heavy (non-hydrogen) atoms. The molecule has 0 atom stereocenters. The number of benzene rings is 1. The van der Waals surface area contributed by atoms with Gasteiger partial charge in [0.15, 0.2) is 0 Å². The van der Waals surface area contributed by atoms with E-state index in [2.05, 4.69) is 0 Å². The van der Waals surface area contributed by atoms with Gasteiger partial charge < -0.3 is 5.11 Å². The van der Waals surface area contributed by atoms with Gasteiger partial charge in [-0.15, -0.1) is 11.6 Å². The summed E-state index contributed by atoms with van der Waals surface area (Å²) >= 11 is 5.51. The van der Waals surface area contributed by atoms with Gasteiger partial charge >= 0.3 is 5.97 Å². The van der Waals surface area contributed by atoms with Gasteiger partial charge in [-0.2, -0.15) is 0 Å². The lowest BCUT2D eigenvalue weighted by molar-refractivity contribution is -0.132. The first-order valence-electron chi connectivity index (χ1n) is 4.95. The minimum atomic E-state index is -0.918. The number of hydrogen-bond donors (Lipinski definition) is 1. The van der Waals surface area contributed by atoms with E-state index in [0.717, 1.165) is 5.56 Å². The van der Waals surface area contributed by atoms with Crippen LogP contribution in [-0.4, -0.2) is 17.0 Å². The summed E-state index contributed by atoms with van der Waals surface area (Å²) in [5.74, 6) is -0.601. The lowest BCUT2D eigenvalue weighted by Crippen LogP contribution is -2.00. The Morgan fingerprint density at radius 3 is 2.56 bits per heavy atom. The van der Waals surface area contributed by atoms with Crippen LogP contribution in [0.25, 0.3) is 6.08 Å². The average molecular weight is 237 g/mol. The largest absolute Gasteiger partial charge is 0.478 e. The van der Waals surface area contributed by atoms with Crippen molar-refractivity contribution in [2.75, 3.05) is 5.88 Å². The van der Waals surface area contributed by atoms with Gasteiger partial charge in [0, 0.05) is 11.5 Å². The average Bonchev–Trinajstić information content (AvgIpc) is 2.29. The number of carboxylic acids is 1. The van der Waals surface area contributed by atoms with Crippen LogP contribution in [0.1, 0.15) is 12.0 Å². The quantitative estimate of drug-likeness (QED) is 0.484. The molecule has 2 nitrogen and oxygen atoms in total. The van der Waals surface area contributed by atoms with Gasteiger partial charge in [-0.3, -0.25) is 0 Å². The number of hydrogen-bond acceptors (Lipinski definition) is 1. The number of allylic oxidation sites excluding steroid dienone is 2. The van der Waals surface area contributed by atoms with Crippen LogP contribution in [0.15, 0.2) is 48.1 Å². The molecule has 0 aliphatic heterocycles. The van der Waals surface area contributed by atoms with Crippen LogP contribution in [-0.2, 0) is 4.79 Å². The normalized spacial score (nSPS) is 11.9. The third kappa shape index (κ3) is 4.32. The van der Waals surface area contributed by atoms with Crippen LogP contribution >= 0.6 is 11.6 Å². The zero-order valence-corrected chi connectivity index (χ0v) is 9.52. The second-order valence-corrected chi connectivity index (χ2v) is 3.58. The van der Waals surface area contributed by atoms with E-state index >= 15 is 0 Å². The Kier molecular flexibility index (Phi) is 5.37. The van der Waals surface area contributed by atoms with Crippen LogP contribution in [0, 0.1) is 0 Å². The Morgan fingerprint density at radius 1 is 1.31 bits per heavy atom. The van der Waals surface area contributed by atoms with Crippen molar-refractivity contribution in [3.63, 3.8) is 0 Å². The number of rotatable bonds is 5. The summed E-state index contributed by atoms with van der Waals surface area (Å²) in [5, 5.41) is 8.84. The van der Waals surface area contributed by atoms with Gasteiger partial charge in [0.1, 0.15) is 0 Å². The van der Waals surface area contributed by atoms with Crippen molar-refractivity contribution >= 4 is 23.6 Å². The fourth-order valence-electron chi connectivity index (χ4n) is 1.20. The van der Waals surface area contributed by atoms with E-state index in [1.54, 1.807) is 12.2 Å². The standard InChI is InChI=1S/C13H13ClO2/c14-10-9-12(13(15)16)8-4-7-11-5-2-1-3-6-11/h1-8H,9-10H2,(H,15,16). The van der Waals surface area contributed by atoms with Crippen molar-refractivity contribution in [1.29, 1.82) is 0 Å². The zero-order valence-electron chi connectivity index (χ0n) is 8.77. The van der Waals surface area contributed by atoms with Gasteiger partial charge in [0.25, 0.3) is 0 Å². The minimum Gasteiger partial charge on any atom is -0.478 e. The first-order chi connectivity index (χ1) is 7.74. The van der Waals surface area contributed by atoms with Gasteiger partial charge in [-0.1, -0.05) is 48.6 Å². The smallest absolute Gasteiger partial charge is 0.331 e. The first-order valence-corrected chi connectivity index (χ1v) is 5.49. The molecular formula is C13H13ClO2. The molecule has 0 amide bonds. The number of alkyl halides is 1. The molecule has 0 saturated carbocycles. The summed E-state index contributed by atoms with van der Waals surface area (Å²) in [6.45, 7) is 0. The van der Waals surface area contributed by atoms with Crippen LogP contribution in [0.5, 0.6) is 0 Å². The maximum atomic E-state index is 10.8. The van der Waals surface area contributed by atoms with Gasteiger partial charge in [-0.05, 0) is 12.0 Å². The van der Waals surface area contributed by atoms with E-state index in [1.165, 1.54) is 0 Å². The molecule has 0 unspecified atom stereocenters. The molecule has 0 aromatic heterocycles. The predicted octanol–water partition coefficient (Wildman–Crippen LogP) is 3.34. The lowest BCUT2D eigenvalue weighted by Gasteiger charge is -1.96. The molecule has 1 N–H and O–H groups in total. The molecular weight excluding hydrogens is 224 g/mol. The third-order valence-corrected chi connectivity index (χ3v) is 2.21. The molecule has 0 spiro atoms. The monoisotopic (exact) mass is 236 g/mol. The van der Waals surface area contributed by atoms with Crippen molar-refractivity contribution in [2.45, 2.75) is 6.42 Å². The van der Waals surface area contributed by atoms with Crippen LogP contribution in [0.2, 0.25) is 0 Å². The minimum absolute atomic E-state index is 0.317. The van der Waals surface area contributed by atoms with Crippen molar-refractivity contribution in [3.8, 4) is 0 Å². The van der Waals surface area contributed by atoms with Crippen molar-refractivity contribution in [3.05, 3.63) is 53.6 Å². The third-order valence-electron chi connectivity index (χ3n) is 2.02. The second kappa shape index (κ2) is 6.85. The van der Waals surface area contributed by atoms with Gasteiger partial charge in [0.2, 0.25) is 0 Å². The van der Waals surface area contributed by atoms with Crippen LogP contribution in [0.3, 0.4) is 0 Å². The van der Waals surface area contributed by atoms with Gasteiger partial charge in [-0.25, -0.2) is 4.79 Å². The Labute approximate surface area is 99.9 Å². The molecule has 0 radical (unpaired) electrons. The van der Waals surface area contributed by atoms with Crippen molar-refractivity contribution < 1.29 is 9.90 Å². The summed E-state index contributed by atoms with van der Waals surface area (Å²) in [6.07, 6.45) is 5.54. The molecule has 1 rings (SSSR count). The Morgan fingerprint density at radius 2 is 2.00 bits per heavy atom. The highest BCUT2D eigenvalue weighted by Gasteiger charge is 2.03. The van der Waals surface area contributed by atoms with Gasteiger partial charge in [0.05, 0.1) is 0 Å². The highest BCUT2D eigenvalue weighted by Crippen LogP contribution is 2.06. The molecule has 0 fully saturated rings. The number of carboxylic acid groups (broad SMARTS) is 1. The molecule has 0 aliphatic carbocycles. The molecule has 0 bridgehead atoms. The topological polar surface area (TPSA) is 37.3 Å². The number of carbonyl (C=O) groups is 1. The van der Waals surface area contributed by atoms with Crippen molar-refractivity contribution in [1.82, 2.24) is 0 Å². The fraction of sp³-hybridized carbons (Fsp3) is 0.154. The molecule has 0 aliphatic rings. The molecule has 84 valence electrons. The summed E-state index contributed by atoms with van der Waals surface area (Å²) in [7, 11) is 0. The summed E-state index contributed by atoms with van der Waals surface area (Å²) in [5.41, 5.74) is 1.36. The second-order valence-electron chi connectivity index (χ2n) is 3.21. The van der Waals surface area contributed by atoms with E-state index < -0.39 is 5.97 Å². The fourth-order valence-corrected chi connectivity index (χ4v) is 1.41. The molecule has 0 heterocycles. The summed E-state index contributed by atoms with van der Waals surface area (Å²) in [6, 6.07) is 9.70. The predicted molar refractivity (Wildman–Crippen MR) is 66.5 cm³/mol. The van der Waals surface area contributed by atoms with Crippen LogP contribution < -0.4 is 0 Å². The number of aliphatic carboxylic acids is 1. The highest BCUT2D eigenvalue weighted by molar-refractivity contribution is 6.18. The van der Waals surface area contributed by atoms with E-state index in [9.17, 15) is 4.79 Å². The zero-order chi connectivity index (χ0) is 11.8. The SMILES string of the molecule is O=C(O)C(=CC=Cc1ccccc1)CCCl. The van der Waals surface area contributed by atoms with E-state index in [1.807, 2.05) is 36.4 Å². The molecule has 1 aromatic carbocycles. The first kappa shape index (κ1) is 12.5. The van der Waals surface area contributed by atoms with E-state index in [0.29, 0.717) is 17.9 Å². The molecule has 1 aromatic rings. The van der Waals surface area contributed by atoms with Crippen molar-refractivity contribution in [2.24, 2.45) is 0 Å². The Hall–Kier alpha value is -1.54. The highest BCUT2D eigenvalue weighted by atomic mass is 35.5. The number of halogens is 1.